The Balaban J connectivity index is 2.16. The smallest absolute Gasteiger partial charge is 0.334 e. The van der Waals surface area contributed by atoms with E-state index in [4.69, 9.17) is 4.74 Å². The molecule has 0 spiro atoms. The molecule has 1 saturated carbocycles. The van der Waals surface area contributed by atoms with Crippen LogP contribution in [0, 0.1) is 17.8 Å². The SMILES string of the molecule is CCCCOC(=O)C1=C(C(=O)O)C2CC1CC2C. The third kappa shape index (κ3) is 2.16. The van der Waals surface area contributed by atoms with Gasteiger partial charge >= 0.3 is 11.9 Å². The van der Waals surface area contributed by atoms with Crippen LogP contribution in [0.2, 0.25) is 0 Å². The van der Waals surface area contributed by atoms with Crippen molar-refractivity contribution in [2.24, 2.45) is 17.8 Å². The minimum atomic E-state index is -0.948. The van der Waals surface area contributed by atoms with Gasteiger partial charge in [-0.3, -0.25) is 0 Å². The molecule has 2 rings (SSSR count). The van der Waals surface area contributed by atoms with Crippen LogP contribution in [0.5, 0.6) is 0 Å². The van der Waals surface area contributed by atoms with E-state index in [-0.39, 0.29) is 11.8 Å². The maximum absolute atomic E-state index is 12.0. The van der Waals surface area contributed by atoms with Crippen LogP contribution in [-0.4, -0.2) is 23.7 Å². The molecular formula is C14H20O4. The summed E-state index contributed by atoms with van der Waals surface area (Å²) >= 11 is 0. The van der Waals surface area contributed by atoms with Crippen LogP contribution in [0.3, 0.4) is 0 Å². The van der Waals surface area contributed by atoms with Gasteiger partial charge in [0.25, 0.3) is 0 Å². The van der Waals surface area contributed by atoms with Crippen molar-refractivity contribution in [1.29, 1.82) is 0 Å². The second kappa shape index (κ2) is 5.12. The van der Waals surface area contributed by atoms with E-state index in [2.05, 4.69) is 6.92 Å². The van der Waals surface area contributed by atoms with E-state index < -0.39 is 11.9 Å². The zero-order valence-electron chi connectivity index (χ0n) is 10.9. The average molecular weight is 252 g/mol. The molecule has 2 aliphatic rings. The highest BCUT2D eigenvalue weighted by Gasteiger charge is 2.48. The summed E-state index contributed by atoms with van der Waals surface area (Å²) in [6.45, 7) is 4.47. The summed E-state index contributed by atoms with van der Waals surface area (Å²) in [5.74, 6) is -0.837. The molecule has 0 aromatic carbocycles. The maximum Gasteiger partial charge on any atom is 0.334 e. The lowest BCUT2D eigenvalue weighted by molar-refractivity contribution is -0.141. The van der Waals surface area contributed by atoms with E-state index in [0.717, 1.165) is 25.7 Å². The quantitative estimate of drug-likeness (QED) is 0.602. The third-order valence-electron chi connectivity index (χ3n) is 4.13. The van der Waals surface area contributed by atoms with Crippen LogP contribution >= 0.6 is 0 Å². The molecule has 0 radical (unpaired) electrons. The van der Waals surface area contributed by atoms with Gasteiger partial charge in [-0.1, -0.05) is 20.3 Å². The molecule has 4 heteroatoms. The van der Waals surface area contributed by atoms with Crippen LogP contribution in [0.4, 0.5) is 0 Å². The number of hydrogen-bond donors (Lipinski definition) is 1. The first-order valence-corrected chi connectivity index (χ1v) is 6.70. The second-order valence-corrected chi connectivity index (χ2v) is 5.37. The Kier molecular flexibility index (Phi) is 3.73. The van der Waals surface area contributed by atoms with Gasteiger partial charge in [0.15, 0.2) is 0 Å². The molecule has 3 unspecified atom stereocenters. The fourth-order valence-electron chi connectivity index (χ4n) is 3.24. The summed E-state index contributed by atoms with van der Waals surface area (Å²) in [5, 5.41) is 9.28. The van der Waals surface area contributed by atoms with Gasteiger partial charge in [-0.05, 0) is 37.0 Å². The number of hydrogen-bond acceptors (Lipinski definition) is 3. The van der Waals surface area contributed by atoms with Gasteiger partial charge in [0.05, 0.1) is 17.8 Å². The number of rotatable bonds is 5. The van der Waals surface area contributed by atoms with Crippen LogP contribution in [0.25, 0.3) is 0 Å². The monoisotopic (exact) mass is 252 g/mol. The fraction of sp³-hybridized carbons (Fsp3) is 0.714. The van der Waals surface area contributed by atoms with Crippen molar-refractivity contribution in [3.8, 4) is 0 Å². The predicted octanol–water partition coefficient (Wildman–Crippen LogP) is 2.39. The first-order valence-electron chi connectivity index (χ1n) is 6.70. The number of ether oxygens (including phenoxy) is 1. The van der Waals surface area contributed by atoms with Gasteiger partial charge < -0.3 is 9.84 Å². The lowest BCUT2D eigenvalue weighted by Crippen LogP contribution is -2.23. The van der Waals surface area contributed by atoms with E-state index in [1.165, 1.54) is 0 Å². The molecule has 0 saturated heterocycles. The summed E-state index contributed by atoms with van der Waals surface area (Å²) in [5.41, 5.74) is 0.766. The first kappa shape index (κ1) is 13.1. The molecule has 100 valence electrons. The first-order chi connectivity index (χ1) is 8.56. The topological polar surface area (TPSA) is 63.6 Å². The molecule has 0 aliphatic heterocycles. The molecule has 0 aromatic heterocycles. The molecule has 1 fully saturated rings. The third-order valence-corrected chi connectivity index (χ3v) is 4.13. The molecule has 0 amide bonds. The molecule has 3 atom stereocenters. The number of carboxylic acid groups (broad SMARTS) is 1. The fourth-order valence-corrected chi connectivity index (χ4v) is 3.24. The zero-order chi connectivity index (χ0) is 13.3. The number of esters is 1. The number of aliphatic carboxylic acids is 1. The Bertz CT molecular complexity index is 397. The molecule has 18 heavy (non-hydrogen) atoms. The van der Waals surface area contributed by atoms with Crippen molar-refractivity contribution in [2.45, 2.75) is 39.5 Å². The Hall–Kier alpha value is -1.32. The molecule has 1 N–H and O–H groups in total. The van der Waals surface area contributed by atoms with E-state index in [1.54, 1.807) is 0 Å². The van der Waals surface area contributed by atoms with Crippen molar-refractivity contribution in [3.63, 3.8) is 0 Å². The van der Waals surface area contributed by atoms with Crippen molar-refractivity contribution in [1.82, 2.24) is 0 Å². The van der Waals surface area contributed by atoms with Gasteiger partial charge in [-0.25, -0.2) is 9.59 Å². The predicted molar refractivity (Wildman–Crippen MR) is 65.9 cm³/mol. The highest BCUT2D eigenvalue weighted by molar-refractivity contribution is 6.01. The Labute approximate surface area is 107 Å². The average Bonchev–Trinajstić information content (AvgIpc) is 2.85. The standard InChI is InChI=1S/C14H20O4/c1-3-4-5-18-14(17)11-9-6-8(2)10(7-9)12(11)13(15)16/h8-10H,3-7H2,1-2H3,(H,15,16). The van der Waals surface area contributed by atoms with Crippen molar-refractivity contribution in [2.75, 3.05) is 6.61 Å². The van der Waals surface area contributed by atoms with Crippen LogP contribution in [0.1, 0.15) is 39.5 Å². The van der Waals surface area contributed by atoms with Crippen LogP contribution in [-0.2, 0) is 14.3 Å². The number of carbonyl (C=O) groups is 2. The van der Waals surface area contributed by atoms with Gasteiger partial charge in [0, 0.05) is 0 Å². The lowest BCUT2D eigenvalue weighted by atomic mass is 9.84. The number of carboxylic acids is 1. The zero-order valence-corrected chi connectivity index (χ0v) is 10.9. The normalized spacial score (nSPS) is 29.8. The second-order valence-electron chi connectivity index (χ2n) is 5.37. The van der Waals surface area contributed by atoms with Gasteiger partial charge in [0.1, 0.15) is 0 Å². The Morgan fingerprint density at radius 1 is 1.33 bits per heavy atom. The van der Waals surface area contributed by atoms with Gasteiger partial charge in [-0.15, -0.1) is 0 Å². The van der Waals surface area contributed by atoms with Crippen molar-refractivity contribution < 1.29 is 19.4 Å². The minimum Gasteiger partial charge on any atom is -0.478 e. The van der Waals surface area contributed by atoms with E-state index in [0.29, 0.717) is 23.7 Å². The highest BCUT2D eigenvalue weighted by Crippen LogP contribution is 2.52. The molecular weight excluding hydrogens is 232 g/mol. The van der Waals surface area contributed by atoms with E-state index in [9.17, 15) is 14.7 Å². The van der Waals surface area contributed by atoms with Crippen LogP contribution in [0.15, 0.2) is 11.1 Å². The number of unbranched alkanes of at least 4 members (excludes halogenated alkanes) is 1. The summed E-state index contributed by atoms with van der Waals surface area (Å²) in [4.78, 5) is 23.3. The summed E-state index contributed by atoms with van der Waals surface area (Å²) in [7, 11) is 0. The summed E-state index contributed by atoms with van der Waals surface area (Å²) < 4.78 is 5.17. The summed E-state index contributed by atoms with van der Waals surface area (Å²) in [6, 6.07) is 0. The maximum atomic E-state index is 12.0. The number of carbonyl (C=O) groups excluding carboxylic acids is 1. The molecule has 0 aromatic rings. The molecule has 0 heterocycles. The van der Waals surface area contributed by atoms with Crippen molar-refractivity contribution in [3.05, 3.63) is 11.1 Å². The van der Waals surface area contributed by atoms with E-state index in [1.807, 2.05) is 6.92 Å². The van der Waals surface area contributed by atoms with E-state index >= 15 is 0 Å². The van der Waals surface area contributed by atoms with Gasteiger partial charge in [0.2, 0.25) is 0 Å². The van der Waals surface area contributed by atoms with Gasteiger partial charge in [-0.2, -0.15) is 0 Å². The number of fused-ring (bicyclic) bond motifs is 2. The minimum absolute atomic E-state index is 0.0428. The lowest BCUT2D eigenvalue weighted by Gasteiger charge is -2.21. The molecule has 2 aliphatic carbocycles. The summed E-state index contributed by atoms with van der Waals surface area (Å²) in [6.07, 6.45) is 3.51. The molecule has 2 bridgehead atoms. The van der Waals surface area contributed by atoms with Crippen molar-refractivity contribution >= 4 is 11.9 Å². The molecule has 4 nitrogen and oxygen atoms in total. The highest BCUT2D eigenvalue weighted by atomic mass is 16.5. The Morgan fingerprint density at radius 3 is 2.67 bits per heavy atom. The largest absolute Gasteiger partial charge is 0.478 e. The van der Waals surface area contributed by atoms with Crippen LogP contribution < -0.4 is 0 Å². The Morgan fingerprint density at radius 2 is 2.06 bits per heavy atom.